The van der Waals surface area contributed by atoms with Crippen LogP contribution in [0.15, 0.2) is 33.9 Å². The lowest BCUT2D eigenvalue weighted by Gasteiger charge is -2.36. The van der Waals surface area contributed by atoms with Crippen LogP contribution >= 0.6 is 11.6 Å². The molecule has 1 amide bonds. The predicted octanol–water partition coefficient (Wildman–Crippen LogP) is 1.66. The van der Waals surface area contributed by atoms with Gasteiger partial charge in [0.05, 0.1) is 27.3 Å². The topological polar surface area (TPSA) is 103 Å². The summed E-state index contributed by atoms with van der Waals surface area (Å²) in [5, 5.41) is 3.44. The zero-order chi connectivity index (χ0) is 23.7. The fourth-order valence-corrected chi connectivity index (χ4v) is 4.52. The van der Waals surface area contributed by atoms with E-state index in [9.17, 15) is 14.4 Å². The number of nitrogens with one attached hydrogen (secondary N) is 2. The van der Waals surface area contributed by atoms with E-state index in [4.69, 9.17) is 11.6 Å². The highest BCUT2D eigenvalue weighted by atomic mass is 35.5. The van der Waals surface area contributed by atoms with Crippen molar-refractivity contribution in [3.05, 3.63) is 67.1 Å². The summed E-state index contributed by atoms with van der Waals surface area (Å²) in [6, 6.07) is 7.35. The number of fused-ring (bicyclic) bond motifs is 1. The number of carbonyl (C=O) groups is 1. The normalized spacial score (nSPS) is 14.6. The first-order valence-electron chi connectivity index (χ1n) is 10.9. The SMILES string of the molecule is CCNC(=O)c1ccc(N2CCN(Cc3cc(Cl)c4c(=O)n(C)c(=O)[nH]c4c3)CC2)c(C)n1. The Labute approximate surface area is 196 Å². The van der Waals surface area contributed by atoms with E-state index < -0.39 is 11.2 Å². The van der Waals surface area contributed by atoms with Crippen molar-refractivity contribution in [3.63, 3.8) is 0 Å². The molecular formula is C23H27ClN6O3. The smallest absolute Gasteiger partial charge is 0.328 e. The van der Waals surface area contributed by atoms with Crippen LogP contribution in [0.2, 0.25) is 5.02 Å². The second-order valence-corrected chi connectivity index (χ2v) is 8.63. The number of H-pyrrole nitrogens is 1. The summed E-state index contributed by atoms with van der Waals surface area (Å²) in [6.07, 6.45) is 0. The van der Waals surface area contributed by atoms with E-state index in [1.807, 2.05) is 26.0 Å². The molecule has 4 rings (SSSR count). The Morgan fingerprint density at radius 3 is 2.58 bits per heavy atom. The molecule has 174 valence electrons. The van der Waals surface area contributed by atoms with E-state index in [1.165, 1.54) is 7.05 Å². The van der Waals surface area contributed by atoms with Crippen LogP contribution < -0.4 is 21.5 Å². The molecule has 9 nitrogen and oxygen atoms in total. The number of halogens is 1. The van der Waals surface area contributed by atoms with Crippen molar-refractivity contribution in [1.82, 2.24) is 24.8 Å². The van der Waals surface area contributed by atoms with Gasteiger partial charge in [-0.3, -0.25) is 19.1 Å². The maximum absolute atomic E-state index is 12.4. The van der Waals surface area contributed by atoms with Crippen molar-refractivity contribution in [1.29, 1.82) is 0 Å². The number of nitrogens with zero attached hydrogens (tertiary/aromatic N) is 4. The monoisotopic (exact) mass is 470 g/mol. The first kappa shape index (κ1) is 23.0. The minimum Gasteiger partial charge on any atom is -0.368 e. The van der Waals surface area contributed by atoms with Crippen molar-refractivity contribution in [2.45, 2.75) is 20.4 Å². The van der Waals surface area contributed by atoms with Crippen LogP contribution in [0.1, 0.15) is 28.7 Å². The van der Waals surface area contributed by atoms with E-state index in [2.05, 4.69) is 25.1 Å². The molecule has 1 saturated heterocycles. The summed E-state index contributed by atoms with van der Waals surface area (Å²) in [5.41, 5.74) is 2.83. The average Bonchev–Trinajstić information content (AvgIpc) is 2.78. The summed E-state index contributed by atoms with van der Waals surface area (Å²) < 4.78 is 1.02. The van der Waals surface area contributed by atoms with Crippen LogP contribution in [-0.4, -0.2) is 58.1 Å². The minimum absolute atomic E-state index is 0.162. The lowest BCUT2D eigenvalue weighted by molar-refractivity contribution is 0.0950. The van der Waals surface area contributed by atoms with Crippen LogP contribution in [0.3, 0.4) is 0 Å². The number of carbonyl (C=O) groups excluding carboxylic acids is 1. The number of aromatic amines is 1. The number of aromatic nitrogens is 3. The number of hydrogen-bond donors (Lipinski definition) is 2. The number of pyridine rings is 1. The number of aryl methyl sites for hydroxylation is 1. The highest BCUT2D eigenvalue weighted by molar-refractivity contribution is 6.35. The molecule has 1 fully saturated rings. The Morgan fingerprint density at radius 2 is 1.91 bits per heavy atom. The zero-order valence-electron chi connectivity index (χ0n) is 18.9. The fourth-order valence-electron chi connectivity index (χ4n) is 4.20. The van der Waals surface area contributed by atoms with Crippen molar-refractivity contribution < 1.29 is 4.79 Å². The summed E-state index contributed by atoms with van der Waals surface area (Å²) in [5.74, 6) is -0.162. The molecule has 0 aliphatic carbocycles. The van der Waals surface area contributed by atoms with Crippen molar-refractivity contribution >= 4 is 34.1 Å². The molecule has 0 bridgehead atoms. The molecule has 33 heavy (non-hydrogen) atoms. The second-order valence-electron chi connectivity index (χ2n) is 8.22. The third-order valence-corrected chi connectivity index (χ3v) is 6.26. The molecule has 10 heteroatoms. The molecular weight excluding hydrogens is 444 g/mol. The predicted molar refractivity (Wildman–Crippen MR) is 129 cm³/mol. The van der Waals surface area contributed by atoms with Crippen LogP contribution in [-0.2, 0) is 13.6 Å². The van der Waals surface area contributed by atoms with Gasteiger partial charge >= 0.3 is 5.69 Å². The fraction of sp³-hybridized carbons (Fsp3) is 0.391. The summed E-state index contributed by atoms with van der Waals surface area (Å²) >= 11 is 6.39. The van der Waals surface area contributed by atoms with Gasteiger partial charge in [-0.15, -0.1) is 0 Å². The van der Waals surface area contributed by atoms with Crippen LogP contribution in [0.5, 0.6) is 0 Å². The summed E-state index contributed by atoms with van der Waals surface area (Å²) in [7, 11) is 1.43. The Kier molecular flexibility index (Phi) is 6.53. The molecule has 2 aromatic heterocycles. The standard InChI is InChI=1S/C23H27ClN6O3/c1-4-25-21(31)17-5-6-19(14(2)26-17)30-9-7-29(8-10-30)13-15-11-16(24)20-18(12-15)27-23(33)28(3)22(20)32/h5-6,11-12H,4,7-10,13H2,1-3H3,(H,25,31)(H,27,33). The van der Waals surface area contributed by atoms with Gasteiger partial charge in [0.1, 0.15) is 5.69 Å². The number of piperazine rings is 1. The first-order chi connectivity index (χ1) is 15.8. The van der Waals surface area contributed by atoms with Gasteiger partial charge < -0.3 is 15.2 Å². The largest absolute Gasteiger partial charge is 0.368 e. The Bertz CT molecular complexity index is 1320. The van der Waals surface area contributed by atoms with Crippen LogP contribution in [0, 0.1) is 6.92 Å². The molecule has 1 aromatic carbocycles. The van der Waals surface area contributed by atoms with Crippen LogP contribution in [0.4, 0.5) is 5.69 Å². The molecule has 0 radical (unpaired) electrons. The van der Waals surface area contributed by atoms with Gasteiger partial charge in [0, 0.05) is 46.3 Å². The molecule has 1 aliphatic heterocycles. The summed E-state index contributed by atoms with van der Waals surface area (Å²) in [6.45, 7) is 8.34. The van der Waals surface area contributed by atoms with Crippen molar-refractivity contribution in [2.24, 2.45) is 7.05 Å². The van der Waals surface area contributed by atoms with Gasteiger partial charge in [0.15, 0.2) is 0 Å². The van der Waals surface area contributed by atoms with Gasteiger partial charge in [-0.25, -0.2) is 9.78 Å². The number of rotatable bonds is 5. The lowest BCUT2D eigenvalue weighted by atomic mass is 10.1. The Morgan fingerprint density at radius 1 is 1.18 bits per heavy atom. The molecule has 0 atom stereocenters. The van der Waals surface area contributed by atoms with Gasteiger partial charge in [0.25, 0.3) is 11.5 Å². The molecule has 3 aromatic rings. The quantitative estimate of drug-likeness (QED) is 0.587. The third-order valence-electron chi connectivity index (χ3n) is 5.96. The molecule has 0 saturated carbocycles. The van der Waals surface area contributed by atoms with E-state index >= 15 is 0 Å². The van der Waals surface area contributed by atoms with Gasteiger partial charge in [-0.1, -0.05) is 11.6 Å². The second kappa shape index (κ2) is 9.36. The highest BCUT2D eigenvalue weighted by Crippen LogP contribution is 2.24. The molecule has 2 N–H and O–H groups in total. The molecule has 1 aliphatic rings. The Hall–Kier alpha value is -3.17. The van der Waals surface area contributed by atoms with Gasteiger partial charge in [0.2, 0.25) is 0 Å². The first-order valence-corrected chi connectivity index (χ1v) is 11.3. The van der Waals surface area contributed by atoms with E-state index in [0.717, 1.165) is 47.7 Å². The maximum Gasteiger partial charge on any atom is 0.328 e. The maximum atomic E-state index is 12.4. The number of amides is 1. The third kappa shape index (κ3) is 4.65. The van der Waals surface area contributed by atoms with E-state index in [-0.39, 0.29) is 5.91 Å². The van der Waals surface area contributed by atoms with Crippen molar-refractivity contribution in [3.8, 4) is 0 Å². The van der Waals surface area contributed by atoms with Gasteiger partial charge in [-0.2, -0.15) is 0 Å². The Balaban J connectivity index is 1.45. The lowest BCUT2D eigenvalue weighted by Crippen LogP contribution is -2.46. The number of hydrogen-bond acceptors (Lipinski definition) is 6. The number of anilines is 1. The minimum atomic E-state index is -0.462. The van der Waals surface area contributed by atoms with Gasteiger partial charge in [-0.05, 0) is 43.7 Å². The molecule has 0 unspecified atom stereocenters. The van der Waals surface area contributed by atoms with E-state index in [0.29, 0.717) is 34.7 Å². The van der Waals surface area contributed by atoms with Crippen LogP contribution in [0.25, 0.3) is 10.9 Å². The van der Waals surface area contributed by atoms with Crippen molar-refractivity contribution in [2.75, 3.05) is 37.6 Å². The molecule has 0 spiro atoms. The highest BCUT2D eigenvalue weighted by Gasteiger charge is 2.21. The zero-order valence-corrected chi connectivity index (χ0v) is 19.7. The van der Waals surface area contributed by atoms with E-state index in [1.54, 1.807) is 12.1 Å². The number of benzene rings is 1. The molecule has 3 heterocycles. The average molecular weight is 471 g/mol. The summed E-state index contributed by atoms with van der Waals surface area (Å²) in [4.78, 5) is 48.2.